The number of rotatable bonds is 3. The Hall–Kier alpha value is -1.89. The predicted octanol–water partition coefficient (Wildman–Crippen LogP) is 1.08. The SMILES string of the molecule is CCOC(=O)C1=C(C)NC(=S)N[C@H]1c1cnn(C)c1C. The third-order valence-corrected chi connectivity index (χ3v) is 3.57. The number of thiocarbonyl (C=S) groups is 1. The van der Waals surface area contributed by atoms with Crippen LogP contribution in [-0.4, -0.2) is 27.5 Å². The van der Waals surface area contributed by atoms with E-state index in [0.29, 0.717) is 23.0 Å². The fourth-order valence-corrected chi connectivity index (χ4v) is 2.48. The van der Waals surface area contributed by atoms with E-state index in [9.17, 15) is 4.79 Å². The molecule has 20 heavy (non-hydrogen) atoms. The molecule has 0 unspecified atom stereocenters. The molecule has 2 rings (SSSR count). The predicted molar refractivity (Wildman–Crippen MR) is 78.9 cm³/mol. The zero-order valence-corrected chi connectivity index (χ0v) is 12.8. The number of ether oxygens (including phenoxy) is 1. The van der Waals surface area contributed by atoms with Crippen molar-refractivity contribution < 1.29 is 9.53 Å². The minimum atomic E-state index is -0.347. The van der Waals surface area contributed by atoms with Gasteiger partial charge in [0.1, 0.15) is 0 Å². The summed E-state index contributed by atoms with van der Waals surface area (Å²) < 4.78 is 6.90. The molecule has 0 amide bonds. The lowest BCUT2D eigenvalue weighted by Gasteiger charge is -2.29. The van der Waals surface area contributed by atoms with Gasteiger partial charge >= 0.3 is 5.97 Å². The van der Waals surface area contributed by atoms with Gasteiger partial charge < -0.3 is 15.4 Å². The van der Waals surface area contributed by atoms with E-state index in [1.165, 1.54) is 0 Å². The summed E-state index contributed by atoms with van der Waals surface area (Å²) >= 11 is 5.18. The van der Waals surface area contributed by atoms with E-state index in [-0.39, 0.29) is 12.0 Å². The highest BCUT2D eigenvalue weighted by molar-refractivity contribution is 7.80. The van der Waals surface area contributed by atoms with E-state index < -0.39 is 0 Å². The van der Waals surface area contributed by atoms with E-state index in [1.54, 1.807) is 17.8 Å². The minimum Gasteiger partial charge on any atom is -0.463 e. The standard InChI is InChI=1S/C13H18N4O2S/c1-5-19-12(18)10-7(2)15-13(20)16-11(10)9-6-14-17(4)8(9)3/h6,11H,5H2,1-4H3,(H2,15,16,20)/t11-/m0/s1. The molecule has 0 aliphatic carbocycles. The Labute approximate surface area is 123 Å². The number of nitrogens with zero attached hydrogens (tertiary/aromatic N) is 2. The van der Waals surface area contributed by atoms with Crippen LogP contribution in [-0.2, 0) is 16.6 Å². The highest BCUT2D eigenvalue weighted by Gasteiger charge is 2.32. The Morgan fingerprint density at radius 3 is 2.80 bits per heavy atom. The van der Waals surface area contributed by atoms with Gasteiger partial charge in [0.2, 0.25) is 0 Å². The van der Waals surface area contributed by atoms with Gasteiger partial charge in [0, 0.05) is 24.0 Å². The number of esters is 1. The van der Waals surface area contributed by atoms with Crippen LogP contribution in [0.15, 0.2) is 17.5 Å². The zero-order chi connectivity index (χ0) is 14.9. The molecule has 0 saturated heterocycles. The number of allylic oxidation sites excluding steroid dienone is 1. The fourth-order valence-electron chi connectivity index (χ4n) is 2.21. The van der Waals surface area contributed by atoms with E-state index in [0.717, 1.165) is 11.3 Å². The molecule has 108 valence electrons. The number of carbonyl (C=O) groups excluding carboxylic acids is 1. The number of carbonyl (C=O) groups is 1. The summed E-state index contributed by atoms with van der Waals surface area (Å²) in [5.41, 5.74) is 3.14. The number of hydrogen-bond acceptors (Lipinski definition) is 4. The number of aromatic nitrogens is 2. The first-order chi connectivity index (χ1) is 9.45. The van der Waals surface area contributed by atoms with Crippen molar-refractivity contribution in [2.24, 2.45) is 7.05 Å². The second kappa shape index (κ2) is 5.62. The molecule has 1 aromatic heterocycles. The number of nitrogens with one attached hydrogen (secondary N) is 2. The normalized spacial score (nSPS) is 18.6. The Morgan fingerprint density at radius 1 is 1.55 bits per heavy atom. The molecule has 0 radical (unpaired) electrons. The first-order valence-electron chi connectivity index (χ1n) is 6.39. The van der Waals surface area contributed by atoms with Gasteiger partial charge in [-0.05, 0) is 33.0 Å². The summed E-state index contributed by atoms with van der Waals surface area (Å²) in [6, 6.07) is -0.337. The van der Waals surface area contributed by atoms with Crippen molar-refractivity contribution in [2.75, 3.05) is 6.61 Å². The van der Waals surface area contributed by atoms with Crippen LogP contribution in [0.3, 0.4) is 0 Å². The van der Waals surface area contributed by atoms with Gasteiger partial charge in [0.05, 0.1) is 24.4 Å². The number of aryl methyl sites for hydroxylation is 1. The molecule has 0 aromatic carbocycles. The molecule has 1 aliphatic rings. The lowest BCUT2D eigenvalue weighted by Crippen LogP contribution is -2.45. The second-order valence-electron chi connectivity index (χ2n) is 4.60. The maximum atomic E-state index is 12.2. The molecular formula is C13H18N4O2S. The molecule has 1 aromatic rings. The Kier molecular flexibility index (Phi) is 4.08. The molecule has 7 heteroatoms. The van der Waals surface area contributed by atoms with E-state index >= 15 is 0 Å². The smallest absolute Gasteiger partial charge is 0.338 e. The van der Waals surface area contributed by atoms with Crippen molar-refractivity contribution in [3.8, 4) is 0 Å². The van der Waals surface area contributed by atoms with Crippen LogP contribution in [0.1, 0.15) is 31.1 Å². The van der Waals surface area contributed by atoms with Gasteiger partial charge in [-0.2, -0.15) is 5.10 Å². The molecule has 1 atom stereocenters. The summed E-state index contributed by atoms with van der Waals surface area (Å²) in [4.78, 5) is 12.2. The average Bonchev–Trinajstić information content (AvgIpc) is 2.69. The maximum Gasteiger partial charge on any atom is 0.338 e. The van der Waals surface area contributed by atoms with Crippen LogP contribution in [0, 0.1) is 6.92 Å². The van der Waals surface area contributed by atoms with Crippen LogP contribution in [0.4, 0.5) is 0 Å². The fraction of sp³-hybridized carbons (Fsp3) is 0.462. The third kappa shape index (κ3) is 2.53. The van der Waals surface area contributed by atoms with Gasteiger partial charge in [0.25, 0.3) is 0 Å². The lowest BCUT2D eigenvalue weighted by molar-refractivity contribution is -0.139. The monoisotopic (exact) mass is 294 g/mol. The molecule has 0 fully saturated rings. The van der Waals surface area contributed by atoms with Gasteiger partial charge in [0.15, 0.2) is 5.11 Å². The molecule has 2 N–H and O–H groups in total. The summed E-state index contributed by atoms with van der Waals surface area (Å²) in [6.07, 6.45) is 1.74. The van der Waals surface area contributed by atoms with Crippen LogP contribution < -0.4 is 10.6 Å². The molecule has 0 spiro atoms. The highest BCUT2D eigenvalue weighted by Crippen LogP contribution is 2.29. The molecule has 0 saturated carbocycles. The van der Waals surface area contributed by atoms with Crippen molar-refractivity contribution in [3.05, 3.63) is 28.7 Å². The largest absolute Gasteiger partial charge is 0.463 e. The van der Waals surface area contributed by atoms with Crippen LogP contribution in [0.2, 0.25) is 0 Å². The second-order valence-corrected chi connectivity index (χ2v) is 5.01. The van der Waals surface area contributed by atoms with Crippen molar-refractivity contribution in [2.45, 2.75) is 26.8 Å². The minimum absolute atomic E-state index is 0.332. The number of hydrogen-bond donors (Lipinski definition) is 2. The maximum absolute atomic E-state index is 12.2. The lowest BCUT2D eigenvalue weighted by atomic mass is 9.96. The van der Waals surface area contributed by atoms with Crippen LogP contribution >= 0.6 is 12.2 Å². The van der Waals surface area contributed by atoms with Gasteiger partial charge in [-0.3, -0.25) is 4.68 Å². The Balaban J connectivity index is 2.47. The van der Waals surface area contributed by atoms with Crippen molar-refractivity contribution in [3.63, 3.8) is 0 Å². The van der Waals surface area contributed by atoms with E-state index in [1.807, 2.05) is 20.9 Å². The van der Waals surface area contributed by atoms with Crippen molar-refractivity contribution in [1.82, 2.24) is 20.4 Å². The van der Waals surface area contributed by atoms with Crippen molar-refractivity contribution >= 4 is 23.3 Å². The summed E-state index contributed by atoms with van der Waals surface area (Å²) in [5, 5.41) is 10.8. The Bertz CT molecular complexity index is 591. The Morgan fingerprint density at radius 2 is 2.25 bits per heavy atom. The quantitative estimate of drug-likeness (QED) is 0.642. The van der Waals surface area contributed by atoms with Crippen LogP contribution in [0.25, 0.3) is 0 Å². The van der Waals surface area contributed by atoms with Crippen LogP contribution in [0.5, 0.6) is 0 Å². The molecule has 2 heterocycles. The first-order valence-corrected chi connectivity index (χ1v) is 6.80. The van der Waals surface area contributed by atoms with E-state index in [2.05, 4.69) is 15.7 Å². The molecule has 0 bridgehead atoms. The summed E-state index contributed by atoms with van der Waals surface area (Å²) in [6.45, 7) is 5.89. The van der Waals surface area contributed by atoms with Crippen molar-refractivity contribution in [1.29, 1.82) is 0 Å². The highest BCUT2D eigenvalue weighted by atomic mass is 32.1. The molecule has 1 aliphatic heterocycles. The topological polar surface area (TPSA) is 68.2 Å². The average molecular weight is 294 g/mol. The zero-order valence-electron chi connectivity index (χ0n) is 12.0. The summed E-state index contributed by atoms with van der Waals surface area (Å²) in [7, 11) is 1.86. The molecule has 6 nitrogen and oxygen atoms in total. The first kappa shape index (κ1) is 14.5. The van der Waals surface area contributed by atoms with Gasteiger partial charge in [-0.25, -0.2) is 4.79 Å². The third-order valence-electron chi connectivity index (χ3n) is 3.35. The van der Waals surface area contributed by atoms with Gasteiger partial charge in [-0.15, -0.1) is 0 Å². The molecular weight excluding hydrogens is 276 g/mol. The van der Waals surface area contributed by atoms with E-state index in [4.69, 9.17) is 17.0 Å². The summed E-state index contributed by atoms with van der Waals surface area (Å²) in [5.74, 6) is -0.347. The van der Waals surface area contributed by atoms with Gasteiger partial charge in [-0.1, -0.05) is 0 Å².